The van der Waals surface area contributed by atoms with Gasteiger partial charge in [0.15, 0.2) is 6.29 Å². The molecule has 3 heteroatoms. The van der Waals surface area contributed by atoms with E-state index in [1.54, 1.807) is 12.1 Å². The van der Waals surface area contributed by atoms with Crippen LogP contribution in [0.3, 0.4) is 0 Å². The Kier molecular flexibility index (Phi) is 4.76. The van der Waals surface area contributed by atoms with Gasteiger partial charge in [-0.05, 0) is 23.3 Å². The third-order valence-corrected chi connectivity index (χ3v) is 2.85. The van der Waals surface area contributed by atoms with E-state index in [0.29, 0.717) is 18.1 Å². The molecule has 0 aliphatic carbocycles. The largest absolute Gasteiger partial charge is 0.345 e. The number of benzene rings is 2. The van der Waals surface area contributed by atoms with Gasteiger partial charge in [0, 0.05) is 11.4 Å². The molecule has 1 radical (unpaired) electrons. The zero-order valence-electron chi connectivity index (χ0n) is 9.88. The van der Waals surface area contributed by atoms with E-state index >= 15 is 0 Å². The molecule has 0 aromatic heterocycles. The second-order valence-electron chi connectivity index (χ2n) is 4.06. The van der Waals surface area contributed by atoms with Gasteiger partial charge in [-0.1, -0.05) is 54.1 Å². The molecule has 2 aromatic rings. The molecular formula is C15H14ClO2. The molecule has 2 aromatic carbocycles. The Hall–Kier alpha value is -1.35. The number of hydrogen-bond acceptors (Lipinski definition) is 1. The molecule has 18 heavy (non-hydrogen) atoms. The Morgan fingerprint density at radius 1 is 0.944 bits per heavy atom. The average molecular weight is 262 g/mol. The van der Waals surface area contributed by atoms with Crippen LogP contribution in [0.5, 0.6) is 0 Å². The van der Waals surface area contributed by atoms with Gasteiger partial charge in [0.1, 0.15) is 0 Å². The predicted octanol–water partition coefficient (Wildman–Crippen LogP) is 3.86. The molecule has 93 valence electrons. The summed E-state index contributed by atoms with van der Waals surface area (Å²) in [6, 6.07) is 16.9. The highest BCUT2D eigenvalue weighted by atomic mass is 35.5. The summed E-state index contributed by atoms with van der Waals surface area (Å²) in [6.45, 7) is 0.318. The number of halogens is 1. The Labute approximate surface area is 112 Å². The Morgan fingerprint density at radius 3 is 2.28 bits per heavy atom. The van der Waals surface area contributed by atoms with Gasteiger partial charge >= 0.3 is 0 Å². The quantitative estimate of drug-likeness (QED) is 0.752. The van der Waals surface area contributed by atoms with E-state index in [9.17, 15) is 5.11 Å². The van der Waals surface area contributed by atoms with Gasteiger partial charge in [0.2, 0.25) is 0 Å². The molecule has 1 atom stereocenters. The van der Waals surface area contributed by atoms with Crippen LogP contribution in [-0.4, -0.2) is 6.29 Å². The molecule has 0 N–H and O–H groups in total. The van der Waals surface area contributed by atoms with Crippen LogP contribution in [-0.2, 0) is 22.9 Å². The highest BCUT2D eigenvalue weighted by molar-refractivity contribution is 6.30. The zero-order chi connectivity index (χ0) is 12.8. The summed E-state index contributed by atoms with van der Waals surface area (Å²) in [6.07, 6.45) is -0.655. The van der Waals surface area contributed by atoms with E-state index in [1.807, 2.05) is 42.5 Å². The molecule has 0 fully saturated rings. The molecule has 0 bridgehead atoms. The third kappa shape index (κ3) is 4.15. The Bertz CT molecular complexity index is 468. The monoisotopic (exact) mass is 261 g/mol. The predicted molar refractivity (Wildman–Crippen MR) is 70.9 cm³/mol. The minimum atomic E-state index is -1.04. The van der Waals surface area contributed by atoms with Crippen molar-refractivity contribution in [1.29, 1.82) is 0 Å². The number of rotatable bonds is 5. The van der Waals surface area contributed by atoms with Crippen LogP contribution < -0.4 is 0 Å². The van der Waals surface area contributed by atoms with Crippen LogP contribution in [0, 0.1) is 0 Å². The van der Waals surface area contributed by atoms with Gasteiger partial charge in [-0.15, -0.1) is 0 Å². The highest BCUT2D eigenvalue weighted by Gasteiger charge is 2.07. The average Bonchev–Trinajstić information content (AvgIpc) is 2.39. The first-order valence-corrected chi connectivity index (χ1v) is 6.17. The van der Waals surface area contributed by atoms with Gasteiger partial charge in [0.25, 0.3) is 0 Å². The van der Waals surface area contributed by atoms with Crippen molar-refractivity contribution in [3.05, 3.63) is 70.7 Å². The smallest absolute Gasteiger partial charge is 0.195 e. The van der Waals surface area contributed by atoms with Crippen LogP contribution >= 0.6 is 11.6 Å². The minimum absolute atomic E-state index is 0.318. The van der Waals surface area contributed by atoms with Gasteiger partial charge < -0.3 is 4.74 Å². The molecule has 0 aliphatic heterocycles. The van der Waals surface area contributed by atoms with E-state index in [-0.39, 0.29) is 0 Å². The fraction of sp³-hybridized carbons (Fsp3) is 0.200. The summed E-state index contributed by atoms with van der Waals surface area (Å²) in [5, 5.41) is 12.4. The summed E-state index contributed by atoms with van der Waals surface area (Å²) >= 11 is 5.78. The lowest BCUT2D eigenvalue weighted by Gasteiger charge is -2.10. The Balaban J connectivity index is 1.81. The highest BCUT2D eigenvalue weighted by Crippen LogP contribution is 2.12. The van der Waals surface area contributed by atoms with Crippen LogP contribution in [0.15, 0.2) is 54.6 Å². The van der Waals surface area contributed by atoms with Crippen LogP contribution in [0.1, 0.15) is 11.1 Å². The second-order valence-corrected chi connectivity index (χ2v) is 4.49. The van der Waals surface area contributed by atoms with Crippen molar-refractivity contribution in [2.75, 3.05) is 0 Å². The minimum Gasteiger partial charge on any atom is -0.345 e. The fourth-order valence-corrected chi connectivity index (χ4v) is 1.76. The topological polar surface area (TPSA) is 29.1 Å². The zero-order valence-corrected chi connectivity index (χ0v) is 10.6. The molecule has 2 rings (SSSR count). The molecular weight excluding hydrogens is 248 g/mol. The summed E-state index contributed by atoms with van der Waals surface area (Å²) in [7, 11) is 0. The van der Waals surface area contributed by atoms with E-state index in [2.05, 4.69) is 0 Å². The van der Waals surface area contributed by atoms with Crippen molar-refractivity contribution in [2.24, 2.45) is 0 Å². The molecule has 0 heterocycles. The van der Waals surface area contributed by atoms with Crippen molar-refractivity contribution < 1.29 is 9.84 Å². The molecule has 0 spiro atoms. The second kappa shape index (κ2) is 6.55. The maximum Gasteiger partial charge on any atom is 0.195 e. The summed E-state index contributed by atoms with van der Waals surface area (Å²) < 4.78 is 5.27. The van der Waals surface area contributed by atoms with E-state index in [1.165, 1.54) is 0 Å². The normalized spacial score (nSPS) is 12.3. The van der Waals surface area contributed by atoms with Crippen molar-refractivity contribution >= 4 is 11.6 Å². The first kappa shape index (κ1) is 13.1. The molecule has 0 saturated heterocycles. The Morgan fingerprint density at radius 2 is 1.61 bits per heavy atom. The van der Waals surface area contributed by atoms with Crippen LogP contribution in [0.25, 0.3) is 0 Å². The van der Waals surface area contributed by atoms with Gasteiger partial charge in [-0.2, -0.15) is 0 Å². The summed E-state index contributed by atoms with van der Waals surface area (Å²) in [5.74, 6) is 0. The first-order valence-electron chi connectivity index (χ1n) is 5.80. The molecule has 1 unspecified atom stereocenters. The maximum absolute atomic E-state index is 11.7. The number of ether oxygens (including phenoxy) is 1. The summed E-state index contributed by atoms with van der Waals surface area (Å²) in [5.41, 5.74) is 1.95. The molecule has 0 amide bonds. The van der Waals surface area contributed by atoms with Crippen LogP contribution in [0.2, 0.25) is 5.02 Å². The third-order valence-electron chi connectivity index (χ3n) is 2.59. The van der Waals surface area contributed by atoms with Crippen molar-refractivity contribution in [3.8, 4) is 0 Å². The van der Waals surface area contributed by atoms with Gasteiger partial charge in [-0.3, -0.25) is 0 Å². The maximum atomic E-state index is 11.7. The molecule has 0 aliphatic rings. The van der Waals surface area contributed by atoms with Gasteiger partial charge in [-0.25, -0.2) is 5.11 Å². The van der Waals surface area contributed by atoms with Gasteiger partial charge in [0.05, 0.1) is 6.61 Å². The molecule has 0 saturated carbocycles. The number of hydrogen-bond donors (Lipinski definition) is 0. The van der Waals surface area contributed by atoms with E-state index < -0.39 is 6.29 Å². The lowest BCUT2D eigenvalue weighted by atomic mass is 10.1. The first-order chi connectivity index (χ1) is 8.74. The van der Waals surface area contributed by atoms with E-state index in [0.717, 1.165) is 11.1 Å². The van der Waals surface area contributed by atoms with Crippen molar-refractivity contribution in [3.63, 3.8) is 0 Å². The molecule has 2 nitrogen and oxygen atoms in total. The fourth-order valence-electron chi connectivity index (χ4n) is 1.64. The van der Waals surface area contributed by atoms with Crippen molar-refractivity contribution in [1.82, 2.24) is 0 Å². The summed E-state index contributed by atoms with van der Waals surface area (Å²) in [4.78, 5) is 0. The standard InChI is InChI=1S/C15H14ClO2/c16-14-8-6-13(7-9-14)11-18-15(17)10-12-4-2-1-3-5-12/h1-9,15H,10-11H2. The van der Waals surface area contributed by atoms with Crippen LogP contribution in [0.4, 0.5) is 0 Å². The lowest BCUT2D eigenvalue weighted by Crippen LogP contribution is -2.13. The lowest BCUT2D eigenvalue weighted by molar-refractivity contribution is -0.145. The SMILES string of the molecule is [O]C(Cc1ccccc1)OCc1ccc(Cl)cc1. The van der Waals surface area contributed by atoms with Crippen molar-refractivity contribution in [2.45, 2.75) is 19.3 Å². The van der Waals surface area contributed by atoms with E-state index in [4.69, 9.17) is 16.3 Å².